The lowest BCUT2D eigenvalue weighted by Crippen LogP contribution is -1.94. The van der Waals surface area contributed by atoms with Crippen molar-refractivity contribution in [3.8, 4) is 22.3 Å². The fourth-order valence-corrected chi connectivity index (χ4v) is 7.15. The fourth-order valence-electron chi connectivity index (χ4n) is 7.15. The van der Waals surface area contributed by atoms with Crippen LogP contribution in [0.4, 0.5) is 0 Å². The summed E-state index contributed by atoms with van der Waals surface area (Å²) in [6.07, 6.45) is 0. The summed E-state index contributed by atoms with van der Waals surface area (Å²) < 4.78 is 0. The van der Waals surface area contributed by atoms with E-state index >= 15 is 0 Å². The molecular formula is C42H26. The van der Waals surface area contributed by atoms with Crippen LogP contribution in [0, 0.1) is 0 Å². The molecule has 194 valence electrons. The minimum absolute atomic E-state index is 1.25. The molecule has 0 heterocycles. The van der Waals surface area contributed by atoms with Crippen LogP contribution in [-0.4, -0.2) is 0 Å². The van der Waals surface area contributed by atoms with Crippen molar-refractivity contribution in [2.45, 2.75) is 0 Å². The molecule has 9 rings (SSSR count). The lowest BCUT2D eigenvalue weighted by atomic mass is 9.81. The molecule has 0 aliphatic carbocycles. The van der Waals surface area contributed by atoms with E-state index in [1.165, 1.54) is 86.9 Å². The summed E-state index contributed by atoms with van der Waals surface area (Å²) in [4.78, 5) is 0. The molecule has 0 atom stereocenters. The van der Waals surface area contributed by atoms with E-state index < -0.39 is 0 Å². The maximum atomic E-state index is 2.37. The van der Waals surface area contributed by atoms with Crippen LogP contribution < -0.4 is 0 Å². The molecule has 0 saturated carbocycles. The molecule has 0 amide bonds. The highest BCUT2D eigenvalue weighted by molar-refractivity contribution is 6.31. The Balaban J connectivity index is 1.56. The van der Waals surface area contributed by atoms with Crippen molar-refractivity contribution in [3.63, 3.8) is 0 Å². The molecule has 9 aromatic carbocycles. The van der Waals surface area contributed by atoms with Crippen LogP contribution in [0.3, 0.4) is 0 Å². The van der Waals surface area contributed by atoms with Crippen molar-refractivity contribution in [2.24, 2.45) is 0 Å². The van der Waals surface area contributed by atoms with Crippen LogP contribution in [0.25, 0.3) is 86.9 Å². The summed E-state index contributed by atoms with van der Waals surface area (Å²) in [5.41, 5.74) is 5.17. The molecule has 0 heteroatoms. The van der Waals surface area contributed by atoms with Gasteiger partial charge in [0, 0.05) is 0 Å². The predicted molar refractivity (Wildman–Crippen MR) is 182 cm³/mol. The van der Waals surface area contributed by atoms with E-state index in [1.807, 2.05) is 0 Å². The Morgan fingerprint density at radius 2 is 0.714 bits per heavy atom. The van der Waals surface area contributed by atoms with E-state index in [0.29, 0.717) is 0 Å². The van der Waals surface area contributed by atoms with Gasteiger partial charge in [0.1, 0.15) is 0 Å². The standard InChI is InChI=1S/C42H26/c1-2-13-29-25-32(22-21-27(29)11-1)39-36-19-9-10-20-37(36)42(38-24-23-28-12-3-6-16-33(28)41(38)39)40-34-17-7-4-14-30(34)26-31-15-5-8-18-35(31)40/h1-26H. The number of hydrogen-bond donors (Lipinski definition) is 0. The minimum Gasteiger partial charge on any atom is -0.0616 e. The predicted octanol–water partition coefficient (Wildman–Crippen LogP) is 11.9. The molecular weight excluding hydrogens is 504 g/mol. The van der Waals surface area contributed by atoms with Gasteiger partial charge in [-0.05, 0) is 99.0 Å². The Hall–Kier alpha value is -5.46. The fraction of sp³-hybridized carbons (Fsp3) is 0. The van der Waals surface area contributed by atoms with Crippen LogP contribution in [0.2, 0.25) is 0 Å². The lowest BCUT2D eigenvalue weighted by Gasteiger charge is -2.21. The SMILES string of the molecule is c1ccc2cc(-c3c4ccccc4c(-c4c5ccccc5cc5ccccc45)c4ccc5ccccc5c34)ccc2c1. The Labute approximate surface area is 244 Å². The van der Waals surface area contributed by atoms with Crippen molar-refractivity contribution in [2.75, 3.05) is 0 Å². The molecule has 0 aliphatic rings. The second-order valence-electron chi connectivity index (χ2n) is 11.3. The van der Waals surface area contributed by atoms with E-state index in [-0.39, 0.29) is 0 Å². The monoisotopic (exact) mass is 530 g/mol. The zero-order chi connectivity index (χ0) is 27.6. The summed E-state index contributed by atoms with van der Waals surface area (Å²) in [5, 5.41) is 15.3. The quantitative estimate of drug-likeness (QED) is 0.154. The normalized spacial score (nSPS) is 11.8. The molecule has 0 bridgehead atoms. The van der Waals surface area contributed by atoms with Crippen LogP contribution in [-0.2, 0) is 0 Å². The average molecular weight is 531 g/mol. The molecule has 0 aromatic heterocycles. The second kappa shape index (κ2) is 9.03. The third-order valence-corrected chi connectivity index (χ3v) is 8.97. The Morgan fingerprint density at radius 1 is 0.238 bits per heavy atom. The Bertz CT molecular complexity index is 2460. The van der Waals surface area contributed by atoms with Gasteiger partial charge in [0.2, 0.25) is 0 Å². The number of benzene rings is 9. The van der Waals surface area contributed by atoms with E-state index in [0.717, 1.165) is 0 Å². The smallest absolute Gasteiger partial charge is 0.00137 e. The molecule has 42 heavy (non-hydrogen) atoms. The van der Waals surface area contributed by atoms with Crippen molar-refractivity contribution in [3.05, 3.63) is 158 Å². The molecule has 0 N–H and O–H groups in total. The highest BCUT2D eigenvalue weighted by atomic mass is 14.2. The summed E-state index contributed by atoms with van der Waals surface area (Å²) in [5.74, 6) is 0. The van der Waals surface area contributed by atoms with E-state index in [9.17, 15) is 0 Å². The van der Waals surface area contributed by atoms with Gasteiger partial charge in [-0.1, -0.05) is 146 Å². The van der Waals surface area contributed by atoms with Gasteiger partial charge in [-0.15, -0.1) is 0 Å². The zero-order valence-electron chi connectivity index (χ0n) is 23.0. The summed E-state index contributed by atoms with van der Waals surface area (Å²) >= 11 is 0. The van der Waals surface area contributed by atoms with Gasteiger partial charge in [-0.25, -0.2) is 0 Å². The van der Waals surface area contributed by atoms with Crippen LogP contribution in [0.1, 0.15) is 0 Å². The largest absolute Gasteiger partial charge is 0.0616 e. The zero-order valence-corrected chi connectivity index (χ0v) is 23.0. The first-order valence-electron chi connectivity index (χ1n) is 14.6. The van der Waals surface area contributed by atoms with E-state index in [4.69, 9.17) is 0 Å². The van der Waals surface area contributed by atoms with Gasteiger partial charge in [0.05, 0.1) is 0 Å². The van der Waals surface area contributed by atoms with Crippen molar-refractivity contribution in [1.82, 2.24) is 0 Å². The number of hydrogen-bond acceptors (Lipinski definition) is 0. The highest BCUT2D eigenvalue weighted by Crippen LogP contribution is 2.49. The average Bonchev–Trinajstić information content (AvgIpc) is 3.06. The first kappa shape index (κ1) is 23.3. The summed E-state index contributed by atoms with van der Waals surface area (Å²) in [6.45, 7) is 0. The van der Waals surface area contributed by atoms with E-state index in [1.54, 1.807) is 0 Å². The summed E-state index contributed by atoms with van der Waals surface area (Å²) in [7, 11) is 0. The van der Waals surface area contributed by atoms with Crippen molar-refractivity contribution < 1.29 is 0 Å². The van der Waals surface area contributed by atoms with E-state index in [2.05, 4.69) is 158 Å². The highest BCUT2D eigenvalue weighted by Gasteiger charge is 2.21. The third-order valence-electron chi connectivity index (χ3n) is 8.97. The third kappa shape index (κ3) is 3.36. The van der Waals surface area contributed by atoms with Gasteiger partial charge in [0.25, 0.3) is 0 Å². The van der Waals surface area contributed by atoms with Crippen LogP contribution in [0.5, 0.6) is 0 Å². The Kier molecular flexibility index (Phi) is 5.00. The van der Waals surface area contributed by atoms with Crippen LogP contribution in [0.15, 0.2) is 158 Å². The molecule has 0 saturated heterocycles. The van der Waals surface area contributed by atoms with Crippen molar-refractivity contribution in [1.29, 1.82) is 0 Å². The van der Waals surface area contributed by atoms with Gasteiger partial charge < -0.3 is 0 Å². The minimum atomic E-state index is 1.25. The second-order valence-corrected chi connectivity index (χ2v) is 11.3. The molecule has 0 fully saturated rings. The molecule has 0 aliphatic heterocycles. The number of fused-ring (bicyclic) bond motifs is 7. The van der Waals surface area contributed by atoms with Crippen LogP contribution >= 0.6 is 0 Å². The van der Waals surface area contributed by atoms with Gasteiger partial charge >= 0.3 is 0 Å². The molecule has 0 nitrogen and oxygen atoms in total. The first-order chi connectivity index (χ1) is 20.8. The molecule has 0 spiro atoms. The topological polar surface area (TPSA) is 0 Å². The number of rotatable bonds is 2. The molecule has 9 aromatic rings. The van der Waals surface area contributed by atoms with Gasteiger partial charge in [0.15, 0.2) is 0 Å². The first-order valence-corrected chi connectivity index (χ1v) is 14.6. The van der Waals surface area contributed by atoms with Crippen molar-refractivity contribution >= 4 is 64.6 Å². The molecule has 0 unspecified atom stereocenters. The summed E-state index contributed by atoms with van der Waals surface area (Å²) in [6, 6.07) is 58.2. The lowest BCUT2D eigenvalue weighted by molar-refractivity contribution is 1.70. The Morgan fingerprint density at radius 3 is 1.40 bits per heavy atom. The maximum absolute atomic E-state index is 2.37. The maximum Gasteiger partial charge on any atom is -0.00137 e. The van der Waals surface area contributed by atoms with Gasteiger partial charge in [-0.3, -0.25) is 0 Å². The van der Waals surface area contributed by atoms with Gasteiger partial charge in [-0.2, -0.15) is 0 Å². The molecule has 0 radical (unpaired) electrons.